The van der Waals surface area contributed by atoms with Crippen LogP contribution in [0, 0.1) is 10.5 Å². The lowest BCUT2D eigenvalue weighted by molar-refractivity contribution is 0.250. The number of benzene rings is 3. The summed E-state index contributed by atoms with van der Waals surface area (Å²) in [6, 6.07) is 25.5. The van der Waals surface area contributed by atoms with Crippen molar-refractivity contribution in [2.45, 2.75) is 13.0 Å². The van der Waals surface area contributed by atoms with E-state index in [4.69, 9.17) is 0 Å². The quantitative estimate of drug-likeness (QED) is 0.514. The van der Waals surface area contributed by atoms with Crippen molar-refractivity contribution < 1.29 is 4.79 Å². The van der Waals surface area contributed by atoms with Gasteiger partial charge in [0.15, 0.2) is 0 Å². The first-order valence-corrected chi connectivity index (χ1v) is 9.15. The zero-order valence-corrected chi connectivity index (χ0v) is 16.0. The van der Waals surface area contributed by atoms with E-state index in [0.29, 0.717) is 0 Å². The Hall–Kier alpha value is -2.34. The van der Waals surface area contributed by atoms with Gasteiger partial charge in [-0.3, -0.25) is 0 Å². The fourth-order valence-corrected chi connectivity index (χ4v) is 3.35. The summed E-state index contributed by atoms with van der Waals surface area (Å²) in [5.74, 6) is 0. The minimum absolute atomic E-state index is 0.202. The van der Waals surface area contributed by atoms with E-state index in [0.717, 1.165) is 25.9 Å². The summed E-state index contributed by atoms with van der Waals surface area (Å²) in [6.07, 6.45) is 0. The highest BCUT2D eigenvalue weighted by Gasteiger charge is 2.16. The van der Waals surface area contributed by atoms with Gasteiger partial charge in [0.25, 0.3) is 0 Å². The van der Waals surface area contributed by atoms with E-state index in [1.165, 1.54) is 0 Å². The van der Waals surface area contributed by atoms with Crippen molar-refractivity contribution >= 4 is 34.3 Å². The lowest BCUT2D eigenvalue weighted by Gasteiger charge is -2.20. The van der Waals surface area contributed by atoms with Crippen LogP contribution in [0.1, 0.15) is 22.7 Å². The van der Waals surface area contributed by atoms with E-state index in [1.807, 2.05) is 85.8 Å². The Labute approximate surface area is 161 Å². The first kappa shape index (κ1) is 17.5. The standard InChI is InChI=1S/C21H19IN2O/c1-15-14-18(22)12-13-19(15)23-21(25)24-20(16-8-4-2-5-9-16)17-10-6-3-7-11-17/h2-14,20H,1H3,(H2,23,24,25). The number of hydrogen-bond donors (Lipinski definition) is 2. The largest absolute Gasteiger partial charge is 0.327 e. The zero-order valence-electron chi connectivity index (χ0n) is 13.9. The second kappa shape index (κ2) is 8.16. The summed E-state index contributed by atoms with van der Waals surface area (Å²) in [7, 11) is 0. The van der Waals surface area contributed by atoms with Gasteiger partial charge in [-0.2, -0.15) is 0 Å². The fourth-order valence-electron chi connectivity index (χ4n) is 2.71. The summed E-state index contributed by atoms with van der Waals surface area (Å²) in [5, 5.41) is 6.04. The molecule has 4 heteroatoms. The van der Waals surface area contributed by atoms with Gasteiger partial charge < -0.3 is 10.6 Å². The van der Waals surface area contributed by atoms with Crippen LogP contribution in [0.5, 0.6) is 0 Å². The molecular weight excluding hydrogens is 423 g/mol. The van der Waals surface area contributed by atoms with Crippen molar-refractivity contribution in [2.24, 2.45) is 0 Å². The number of hydrogen-bond acceptors (Lipinski definition) is 1. The van der Waals surface area contributed by atoms with Crippen molar-refractivity contribution in [3.8, 4) is 0 Å². The zero-order chi connectivity index (χ0) is 17.6. The third-order valence-corrected chi connectivity index (χ3v) is 4.65. The highest BCUT2D eigenvalue weighted by molar-refractivity contribution is 14.1. The Bertz CT molecular complexity index is 811. The minimum atomic E-state index is -0.220. The molecule has 0 unspecified atom stereocenters. The molecule has 0 aliphatic rings. The van der Waals surface area contributed by atoms with Crippen LogP contribution in [0.15, 0.2) is 78.9 Å². The predicted octanol–water partition coefficient (Wildman–Crippen LogP) is 5.51. The van der Waals surface area contributed by atoms with Gasteiger partial charge in [0.2, 0.25) is 0 Å². The summed E-state index contributed by atoms with van der Waals surface area (Å²) in [5.41, 5.74) is 3.95. The molecule has 0 fully saturated rings. The fraction of sp³-hybridized carbons (Fsp3) is 0.0952. The number of rotatable bonds is 4. The van der Waals surface area contributed by atoms with Crippen LogP contribution in [-0.4, -0.2) is 6.03 Å². The second-order valence-electron chi connectivity index (χ2n) is 5.81. The Balaban J connectivity index is 1.82. The molecule has 0 spiro atoms. The Kier molecular flexibility index (Phi) is 5.71. The molecule has 126 valence electrons. The number of anilines is 1. The summed E-state index contributed by atoms with van der Waals surface area (Å²) in [6.45, 7) is 1.99. The lowest BCUT2D eigenvalue weighted by atomic mass is 9.99. The van der Waals surface area contributed by atoms with Crippen molar-refractivity contribution in [3.63, 3.8) is 0 Å². The number of halogens is 1. The molecule has 0 aliphatic carbocycles. The molecule has 2 amide bonds. The maximum Gasteiger partial charge on any atom is 0.319 e. The second-order valence-corrected chi connectivity index (χ2v) is 7.06. The normalized spacial score (nSPS) is 10.5. The van der Waals surface area contributed by atoms with Crippen molar-refractivity contribution in [3.05, 3.63) is 99.1 Å². The van der Waals surface area contributed by atoms with E-state index >= 15 is 0 Å². The monoisotopic (exact) mass is 442 g/mol. The van der Waals surface area contributed by atoms with Gasteiger partial charge in [-0.05, 0) is 64.4 Å². The molecule has 25 heavy (non-hydrogen) atoms. The molecule has 3 rings (SSSR count). The van der Waals surface area contributed by atoms with Crippen LogP contribution >= 0.6 is 22.6 Å². The average molecular weight is 442 g/mol. The molecule has 0 saturated heterocycles. The molecule has 0 atom stereocenters. The highest BCUT2D eigenvalue weighted by Crippen LogP contribution is 2.23. The number of carbonyl (C=O) groups is 1. The van der Waals surface area contributed by atoms with Gasteiger partial charge in [-0.25, -0.2) is 4.79 Å². The van der Waals surface area contributed by atoms with E-state index < -0.39 is 0 Å². The first-order valence-electron chi connectivity index (χ1n) is 8.07. The third-order valence-electron chi connectivity index (χ3n) is 3.98. The molecule has 0 heterocycles. The molecule has 2 N–H and O–H groups in total. The van der Waals surface area contributed by atoms with E-state index in [-0.39, 0.29) is 12.1 Å². The molecule has 0 bridgehead atoms. The van der Waals surface area contributed by atoms with Crippen LogP contribution < -0.4 is 10.6 Å². The van der Waals surface area contributed by atoms with Crippen LogP contribution in [0.4, 0.5) is 10.5 Å². The third kappa shape index (κ3) is 4.60. The topological polar surface area (TPSA) is 41.1 Å². The molecule has 0 radical (unpaired) electrons. The average Bonchev–Trinajstić information content (AvgIpc) is 2.63. The molecule has 0 saturated carbocycles. The van der Waals surface area contributed by atoms with Crippen LogP contribution in [0.2, 0.25) is 0 Å². The number of urea groups is 1. The Morgan fingerprint density at radius 3 is 1.96 bits per heavy atom. The Morgan fingerprint density at radius 1 is 0.880 bits per heavy atom. The van der Waals surface area contributed by atoms with Crippen molar-refractivity contribution in [2.75, 3.05) is 5.32 Å². The molecular formula is C21H19IN2O. The predicted molar refractivity (Wildman–Crippen MR) is 111 cm³/mol. The van der Waals surface area contributed by atoms with Crippen LogP contribution in [-0.2, 0) is 0 Å². The maximum atomic E-state index is 12.6. The van der Waals surface area contributed by atoms with Gasteiger partial charge in [0, 0.05) is 9.26 Å². The molecule has 3 aromatic rings. The van der Waals surface area contributed by atoms with Crippen molar-refractivity contribution in [1.29, 1.82) is 0 Å². The van der Waals surface area contributed by atoms with Gasteiger partial charge in [0.05, 0.1) is 6.04 Å². The SMILES string of the molecule is Cc1cc(I)ccc1NC(=O)NC(c1ccccc1)c1ccccc1. The van der Waals surface area contributed by atoms with Crippen LogP contribution in [0.3, 0.4) is 0 Å². The van der Waals surface area contributed by atoms with Gasteiger partial charge in [-0.1, -0.05) is 60.7 Å². The molecule has 0 aromatic heterocycles. The van der Waals surface area contributed by atoms with Crippen molar-refractivity contribution in [1.82, 2.24) is 5.32 Å². The van der Waals surface area contributed by atoms with Gasteiger partial charge in [-0.15, -0.1) is 0 Å². The van der Waals surface area contributed by atoms with Gasteiger partial charge >= 0.3 is 6.03 Å². The first-order chi connectivity index (χ1) is 12.1. The number of nitrogens with one attached hydrogen (secondary N) is 2. The van der Waals surface area contributed by atoms with E-state index in [9.17, 15) is 4.79 Å². The van der Waals surface area contributed by atoms with E-state index in [1.54, 1.807) is 0 Å². The molecule has 0 aliphatic heterocycles. The number of carbonyl (C=O) groups excluding carboxylic acids is 1. The Morgan fingerprint density at radius 2 is 1.44 bits per heavy atom. The molecule has 3 aromatic carbocycles. The molecule has 3 nitrogen and oxygen atoms in total. The maximum absolute atomic E-state index is 12.6. The minimum Gasteiger partial charge on any atom is -0.327 e. The smallest absolute Gasteiger partial charge is 0.319 e. The van der Waals surface area contributed by atoms with Crippen LogP contribution in [0.25, 0.3) is 0 Å². The number of amides is 2. The summed E-state index contributed by atoms with van der Waals surface area (Å²) < 4.78 is 1.15. The van der Waals surface area contributed by atoms with E-state index in [2.05, 4.69) is 33.2 Å². The number of aryl methyl sites for hydroxylation is 1. The van der Waals surface area contributed by atoms with Gasteiger partial charge in [0.1, 0.15) is 0 Å². The summed E-state index contributed by atoms with van der Waals surface area (Å²) in [4.78, 5) is 12.6. The highest BCUT2D eigenvalue weighted by atomic mass is 127. The lowest BCUT2D eigenvalue weighted by Crippen LogP contribution is -2.33. The summed E-state index contributed by atoms with van der Waals surface area (Å²) >= 11 is 2.26.